The Morgan fingerprint density at radius 2 is 0.761 bits per heavy atom. The van der Waals surface area contributed by atoms with E-state index in [0.29, 0.717) is 0 Å². The molecular weight excluding hydrogens is 588 g/mol. The zero-order chi connectivity index (χ0) is 50.4. The van der Waals surface area contributed by atoms with Crippen LogP contribution in [-0.2, 0) is 0 Å². The van der Waals surface area contributed by atoms with Gasteiger partial charge in [-0.05, 0) is 47.9 Å². The molecule has 216 valence electrons. The van der Waals surface area contributed by atoms with Gasteiger partial charge in [-0.25, -0.2) is 0 Å². The van der Waals surface area contributed by atoms with Crippen molar-refractivity contribution in [3.05, 3.63) is 144 Å². The van der Waals surface area contributed by atoms with E-state index < -0.39 is 216 Å². The molecule has 0 aliphatic rings. The molecule has 0 aliphatic heterocycles. The maximum Gasteiger partial charge on any atom is 0.240 e. The molecular formula is C39H23ClN6. The predicted octanol–water partition coefficient (Wildman–Crippen LogP) is 9.82. The molecule has 0 N–H and O–H groups in total. The van der Waals surface area contributed by atoms with Crippen LogP contribution < -0.4 is 0 Å². The quantitative estimate of drug-likeness (QED) is 0.195. The van der Waals surface area contributed by atoms with Crippen LogP contribution in [0.1, 0.15) is 31.5 Å². The molecule has 4 heterocycles. The van der Waals surface area contributed by atoms with E-state index in [0.717, 1.165) is 13.7 Å². The lowest BCUT2D eigenvalue weighted by molar-refractivity contribution is 0.885. The van der Waals surface area contributed by atoms with Gasteiger partial charge in [0, 0.05) is 32.3 Å². The summed E-state index contributed by atoms with van der Waals surface area (Å²) in [6.45, 7) is 0. The van der Waals surface area contributed by atoms with Crippen LogP contribution in [0.15, 0.2) is 139 Å². The summed E-state index contributed by atoms with van der Waals surface area (Å²) in [6.07, 6.45) is 0. The summed E-state index contributed by atoms with van der Waals surface area (Å²) in [5.74, 6) is -1.46. The number of hydrogen-bond acceptors (Lipinski definition) is 3. The highest BCUT2D eigenvalue weighted by Crippen LogP contribution is 2.39. The summed E-state index contributed by atoms with van der Waals surface area (Å²) in [4.78, 5) is 13.0. The van der Waals surface area contributed by atoms with Crippen LogP contribution in [0.2, 0.25) is 5.28 Å². The van der Waals surface area contributed by atoms with Gasteiger partial charge in [0.25, 0.3) is 0 Å². The van der Waals surface area contributed by atoms with Crippen molar-refractivity contribution >= 4 is 77.0 Å². The number of aromatic nitrogens is 6. The van der Waals surface area contributed by atoms with Crippen molar-refractivity contribution in [1.29, 1.82) is 0 Å². The van der Waals surface area contributed by atoms with Gasteiger partial charge in [-0.1, -0.05) is 103 Å². The summed E-state index contributed by atoms with van der Waals surface area (Å²) in [5.41, 5.74) is -3.82. The van der Waals surface area contributed by atoms with E-state index in [1.54, 1.807) is 0 Å². The summed E-state index contributed by atoms with van der Waals surface area (Å²) in [7, 11) is 0. The van der Waals surface area contributed by atoms with Gasteiger partial charge in [-0.2, -0.15) is 15.0 Å². The van der Waals surface area contributed by atoms with E-state index in [4.69, 9.17) is 39.0 Å². The summed E-state index contributed by atoms with van der Waals surface area (Å²) in [6, 6.07) is -18.5. The van der Waals surface area contributed by atoms with Gasteiger partial charge in [0.2, 0.25) is 17.2 Å². The minimum absolute atomic E-state index is 0.379. The molecule has 6 nitrogen and oxygen atoms in total. The van der Waals surface area contributed by atoms with Crippen LogP contribution in [0.4, 0.5) is 0 Å². The molecule has 0 saturated heterocycles. The predicted molar refractivity (Wildman–Crippen MR) is 188 cm³/mol. The van der Waals surface area contributed by atoms with E-state index in [1.165, 1.54) is 0 Å². The average molecular weight is 634 g/mol. The standard InChI is InChI=1S/C39H23ClN6/c40-37-41-38(45-32-20-8-3-14-26(32)27-15-4-9-21-33(27)45)43-39(42-37)46-34-22-10-5-16-28(34)29-17-11-23-35(36(29)46)44-30-18-6-1-12-24(30)25-13-2-7-19-31(25)44/h1-23H/i1D,2D,3D,4D,5D,6D,7D,8D,9D,10D,11D,12D,13D,14D,15D,16D,17D,18D,19D,20D,21D,22D,23D. The minimum atomic E-state index is -0.930. The molecule has 0 atom stereocenters. The molecule has 0 amide bonds. The molecule has 0 spiro atoms. The third-order valence-corrected chi connectivity index (χ3v) is 7.64. The van der Waals surface area contributed by atoms with Crippen molar-refractivity contribution in [2.24, 2.45) is 0 Å². The second-order valence-corrected chi connectivity index (χ2v) is 10.1. The van der Waals surface area contributed by atoms with E-state index in [-0.39, 0.29) is 10.8 Å². The molecule has 0 radical (unpaired) electrons. The van der Waals surface area contributed by atoms with Gasteiger partial charge in [0.1, 0.15) is 0 Å². The van der Waals surface area contributed by atoms with Crippen molar-refractivity contribution in [2.75, 3.05) is 0 Å². The summed E-state index contributed by atoms with van der Waals surface area (Å²) >= 11 is 6.68. The van der Waals surface area contributed by atoms with Crippen molar-refractivity contribution in [2.45, 2.75) is 0 Å². The average Bonchev–Trinajstić information content (AvgIpc) is 3.99. The largest absolute Gasteiger partial charge is 0.307 e. The third kappa shape index (κ3) is 3.44. The van der Waals surface area contributed by atoms with Crippen LogP contribution in [0, 0.1) is 0 Å². The smallest absolute Gasteiger partial charge is 0.240 e. The number of nitrogens with zero attached hydrogens (tertiary/aromatic N) is 6. The lowest BCUT2D eigenvalue weighted by Crippen LogP contribution is -2.10. The topological polar surface area (TPSA) is 53.5 Å². The van der Waals surface area contributed by atoms with Gasteiger partial charge < -0.3 is 4.57 Å². The van der Waals surface area contributed by atoms with Crippen LogP contribution in [0.25, 0.3) is 83.0 Å². The van der Waals surface area contributed by atoms with E-state index in [9.17, 15) is 4.11 Å². The van der Waals surface area contributed by atoms with Crippen molar-refractivity contribution in [3.8, 4) is 17.6 Å². The molecule has 10 aromatic rings. The first kappa shape index (κ1) is 11.7. The fourth-order valence-corrected chi connectivity index (χ4v) is 5.86. The lowest BCUT2D eigenvalue weighted by Gasteiger charge is -2.14. The number of benzene rings is 6. The molecule has 0 fully saturated rings. The number of fused-ring (bicyclic) bond motifs is 9. The van der Waals surface area contributed by atoms with Crippen LogP contribution in [0.3, 0.4) is 0 Å². The molecule has 0 unspecified atom stereocenters. The van der Waals surface area contributed by atoms with Crippen molar-refractivity contribution < 1.29 is 31.5 Å². The Balaban J connectivity index is 1.51. The van der Waals surface area contributed by atoms with Crippen LogP contribution in [0.5, 0.6) is 0 Å². The van der Waals surface area contributed by atoms with Gasteiger partial charge in [0.15, 0.2) is 0 Å². The van der Waals surface area contributed by atoms with Gasteiger partial charge in [0.05, 0.1) is 70.3 Å². The van der Waals surface area contributed by atoms with Crippen LogP contribution in [-0.4, -0.2) is 28.7 Å². The fraction of sp³-hybridized carbons (Fsp3) is 0. The minimum Gasteiger partial charge on any atom is -0.307 e. The second kappa shape index (κ2) is 9.51. The Hall–Kier alpha value is -5.98. The molecule has 4 aromatic heterocycles. The number of rotatable bonds is 3. The first-order chi connectivity index (χ1) is 32.3. The fourth-order valence-electron chi connectivity index (χ4n) is 5.71. The first-order valence-electron chi connectivity index (χ1n) is 24.8. The Morgan fingerprint density at radius 1 is 0.391 bits per heavy atom. The lowest BCUT2D eigenvalue weighted by atomic mass is 10.1. The van der Waals surface area contributed by atoms with E-state index >= 15 is 0 Å². The highest BCUT2D eigenvalue weighted by molar-refractivity contribution is 6.28. The van der Waals surface area contributed by atoms with Crippen LogP contribution >= 0.6 is 11.6 Å². The Labute approximate surface area is 299 Å². The Bertz CT molecular complexity index is 3990. The maximum atomic E-state index is 9.53. The van der Waals surface area contributed by atoms with Crippen molar-refractivity contribution in [3.63, 3.8) is 0 Å². The van der Waals surface area contributed by atoms with E-state index in [1.807, 2.05) is 0 Å². The SMILES string of the molecule is [2H]c1c([2H])c([2H])c2c(c1[2H])c1c([2H])c([2H])c([2H])c([2H])c1n2-c1nc(Cl)nc(-n2c3c([2H])c([2H])c([2H])c([2H])c3c3c([2H])c([2H])c([2H])c(-n4c5c([2H])c([2H])c([2H])c([2H])c5c5c([2H])c([2H])c([2H])c([2H])c54)c32)n1. The third-order valence-electron chi connectivity index (χ3n) is 7.47. The molecule has 0 saturated carbocycles. The van der Waals surface area contributed by atoms with Crippen molar-refractivity contribution in [1.82, 2.24) is 28.7 Å². The summed E-state index contributed by atoms with van der Waals surface area (Å²) < 4.78 is 207. The normalized spacial score (nSPS) is 19.0. The number of halogens is 1. The molecule has 10 rings (SSSR count). The molecule has 0 bridgehead atoms. The summed E-state index contributed by atoms with van der Waals surface area (Å²) in [5, 5.41) is -3.41. The second-order valence-electron chi connectivity index (χ2n) is 9.78. The van der Waals surface area contributed by atoms with Gasteiger partial charge in [-0.3, -0.25) is 9.13 Å². The molecule has 46 heavy (non-hydrogen) atoms. The Morgan fingerprint density at radius 3 is 1.26 bits per heavy atom. The van der Waals surface area contributed by atoms with E-state index in [2.05, 4.69) is 15.0 Å². The first-order valence-corrected chi connectivity index (χ1v) is 13.7. The highest BCUT2D eigenvalue weighted by Gasteiger charge is 2.22. The molecule has 0 aliphatic carbocycles. The monoisotopic (exact) mass is 633 g/mol. The molecule has 6 aromatic carbocycles. The van der Waals surface area contributed by atoms with Gasteiger partial charge in [-0.15, -0.1) is 0 Å². The molecule has 7 heteroatoms. The zero-order valence-corrected chi connectivity index (χ0v) is 23.3. The highest BCUT2D eigenvalue weighted by atomic mass is 35.5. The Kier molecular flexibility index (Phi) is 2.43. The maximum absolute atomic E-state index is 9.53. The number of hydrogen-bond donors (Lipinski definition) is 0. The van der Waals surface area contributed by atoms with Gasteiger partial charge >= 0.3 is 0 Å². The zero-order valence-electron chi connectivity index (χ0n) is 45.6. The number of para-hydroxylation sites is 6.